The Bertz CT molecular complexity index is 2680. The van der Waals surface area contributed by atoms with Crippen LogP contribution in [0.25, 0.3) is 10.8 Å². The first-order valence-corrected chi connectivity index (χ1v) is 31.5. The first kappa shape index (κ1) is 68.8. The van der Waals surface area contributed by atoms with E-state index in [0.29, 0.717) is 44.7 Å². The average Bonchev–Trinajstić information content (AvgIpc) is 4.23. The molecule has 0 spiro atoms. The Morgan fingerprint density at radius 1 is 0.595 bits per heavy atom. The van der Waals surface area contributed by atoms with Crippen molar-refractivity contribution in [1.29, 1.82) is 0 Å². The number of nitrogens with one attached hydrogen (secondary N) is 3. The molecule has 0 bridgehead atoms. The van der Waals surface area contributed by atoms with Crippen molar-refractivity contribution < 1.29 is 45.6 Å². The molecular weight excluding hydrogens is 1040 g/mol. The molecule has 79 heavy (non-hydrogen) atoms. The maximum Gasteiger partial charge on any atom is 0.246 e. The van der Waals surface area contributed by atoms with Gasteiger partial charge in [-0.15, -0.1) is 0 Å². The Labute approximate surface area is 476 Å². The van der Waals surface area contributed by atoms with Crippen LogP contribution in [-0.2, 0) is 55.2 Å². The average molecular weight is 1140 g/mol. The number of nitrogens with zero attached hydrogens (tertiary/aromatic N) is 4. The van der Waals surface area contributed by atoms with E-state index in [2.05, 4.69) is 16.0 Å². The lowest BCUT2D eigenvalue weighted by molar-refractivity contribution is -0.143. The van der Waals surface area contributed by atoms with Crippen LogP contribution in [-0.4, -0.2) is 152 Å². The van der Waals surface area contributed by atoms with Crippen LogP contribution in [0.5, 0.6) is 0 Å². The van der Waals surface area contributed by atoms with E-state index in [4.69, 9.17) is 0 Å². The van der Waals surface area contributed by atoms with Crippen molar-refractivity contribution in [2.24, 2.45) is 40.4 Å². The number of carbonyl (C=O) groups is 6. The zero-order chi connectivity index (χ0) is 56.4. The van der Waals surface area contributed by atoms with Crippen molar-refractivity contribution >= 4 is 66.1 Å². The van der Waals surface area contributed by atoms with Crippen LogP contribution in [0.2, 0.25) is 0 Å². The zero-order valence-corrected chi connectivity index (χ0v) is 49.2. The third-order valence-electron chi connectivity index (χ3n) is 17.2. The third kappa shape index (κ3) is 16.0. The quantitative estimate of drug-likeness (QED) is 0.148. The summed E-state index contributed by atoms with van der Waals surface area (Å²) in [5.74, 6) is -2.47. The lowest BCUT2D eigenvalue weighted by atomic mass is 9.84. The number of amides is 5. The second-order valence-electron chi connectivity index (χ2n) is 24.9. The lowest BCUT2D eigenvalue weighted by Crippen LogP contribution is -2.58. The highest BCUT2D eigenvalue weighted by Crippen LogP contribution is 2.41. The summed E-state index contributed by atoms with van der Waals surface area (Å²) < 4.78 is 53.6. The molecule has 5 amide bonds. The van der Waals surface area contributed by atoms with Gasteiger partial charge in [0.2, 0.25) is 49.6 Å². The minimum absolute atomic E-state index is 0. The summed E-state index contributed by atoms with van der Waals surface area (Å²) in [7, 11) is -7.14. The van der Waals surface area contributed by atoms with E-state index in [9.17, 15) is 45.6 Å². The maximum atomic E-state index is 14.0. The van der Waals surface area contributed by atoms with Crippen LogP contribution in [0, 0.1) is 40.4 Å². The molecule has 4 aliphatic heterocycles. The summed E-state index contributed by atoms with van der Waals surface area (Å²) in [4.78, 5) is 84.4. The molecule has 0 radical (unpaired) electrons. The summed E-state index contributed by atoms with van der Waals surface area (Å²) in [6.45, 7) is 21.8. The second-order valence-corrected chi connectivity index (χ2v) is 28.8. The Morgan fingerprint density at radius 2 is 1.03 bits per heavy atom. The van der Waals surface area contributed by atoms with Gasteiger partial charge in [-0.2, -0.15) is 8.61 Å². The SMILES string of the molecule is C.C.C.CC[C@@H](C)C(=O)N[C@H](C(=O)N1CC[C@@H]2[C@H]1[C@@H](C(=O)Cc1ccc3ccccc3c1)CN2S(C)(=O)=O)C(C)(C)C.CC[C@@H](C)C(=O)N[C@H](C(=O)N1CC[C@@H]2[C@H]1[C@@H](C(=O)N[C@H](C)C1CCCCC1)CN2S(C)(=O)=O)C(C)(C)C. The number of benzene rings is 2. The standard InChI is InChI=1S/C30H41N3O5S.C27H48N4O5S.3CH4/c1-7-19(2)28(35)31-27(30(3,4)5)29(36)32-15-14-24-26(32)23(18-33(24)39(6,37)38)25(34)17-20-12-13-21-10-8-9-11-22(21)16-20;1-8-17(2)24(32)29-23(27(4,5)6)26(34)30-15-14-21-22(30)20(16-31(21)37(7,35)36)25(33)28-18(3)19-12-10-9-11-13-19;;;/h8-13,16,19,23-24,26-27H,7,14-15,17-18H2,1-6H3,(H,31,35);17-23H,8-16H2,1-7H3,(H,28,33)(H,29,32);3*1H4/t19-,23-,24-,26-,27-;17-,18-,20+,21-,22-,23-;;;/m11.../s1. The lowest BCUT2D eigenvalue weighted by Gasteiger charge is -2.37. The van der Waals surface area contributed by atoms with E-state index in [0.717, 1.165) is 35.4 Å². The van der Waals surface area contributed by atoms with E-state index >= 15 is 0 Å². The number of fused-ring (bicyclic) bond motifs is 3. The van der Waals surface area contributed by atoms with Gasteiger partial charge in [-0.3, -0.25) is 28.8 Å². The van der Waals surface area contributed by atoms with Crippen LogP contribution in [0.4, 0.5) is 0 Å². The molecule has 2 aromatic carbocycles. The molecule has 4 saturated heterocycles. The molecule has 1 aliphatic carbocycles. The van der Waals surface area contributed by atoms with E-state index in [-0.39, 0.29) is 95.0 Å². The van der Waals surface area contributed by atoms with Gasteiger partial charge in [0.05, 0.1) is 36.4 Å². The van der Waals surface area contributed by atoms with Gasteiger partial charge in [0, 0.05) is 62.6 Å². The molecule has 11 atom stereocenters. The van der Waals surface area contributed by atoms with Gasteiger partial charge in [-0.05, 0) is 78.5 Å². The van der Waals surface area contributed by atoms with Gasteiger partial charge >= 0.3 is 0 Å². The van der Waals surface area contributed by atoms with Crippen LogP contribution >= 0.6 is 0 Å². The van der Waals surface area contributed by atoms with Crippen LogP contribution in [0.15, 0.2) is 42.5 Å². The topological polar surface area (TPSA) is 220 Å². The van der Waals surface area contributed by atoms with E-state index in [1.54, 1.807) is 9.80 Å². The van der Waals surface area contributed by atoms with Gasteiger partial charge in [-0.1, -0.05) is 153 Å². The molecule has 19 heteroatoms. The Kier molecular flexibility index (Phi) is 24.0. The fraction of sp³-hybridized carbons (Fsp3) is 0.733. The summed E-state index contributed by atoms with van der Waals surface area (Å²) in [6, 6.07) is 10.3. The molecule has 3 N–H and O–H groups in total. The molecule has 0 aromatic heterocycles. The van der Waals surface area contributed by atoms with Gasteiger partial charge in [-0.25, -0.2) is 16.8 Å². The highest BCUT2D eigenvalue weighted by Gasteiger charge is 2.58. The molecule has 7 rings (SSSR count). The van der Waals surface area contributed by atoms with Crippen LogP contribution in [0.1, 0.15) is 162 Å². The predicted octanol–water partition coefficient (Wildman–Crippen LogP) is 7.81. The van der Waals surface area contributed by atoms with E-state index in [1.807, 2.05) is 119 Å². The molecule has 17 nitrogen and oxygen atoms in total. The maximum absolute atomic E-state index is 14.0. The number of likely N-dealkylation sites (tertiary alicyclic amines) is 2. The number of carbonyl (C=O) groups excluding carboxylic acids is 6. The van der Waals surface area contributed by atoms with E-state index < -0.39 is 79.0 Å². The minimum atomic E-state index is -3.58. The zero-order valence-electron chi connectivity index (χ0n) is 47.6. The number of sulfonamides is 2. The molecule has 448 valence electrons. The number of Topliss-reactive ketones (excluding diaryl/α,β-unsaturated/α-hetero) is 1. The van der Waals surface area contributed by atoms with Crippen molar-refractivity contribution in [2.75, 3.05) is 38.7 Å². The summed E-state index contributed by atoms with van der Waals surface area (Å²) in [6.07, 6.45) is 10.5. The van der Waals surface area contributed by atoms with Gasteiger partial charge in [0.25, 0.3) is 0 Å². The van der Waals surface area contributed by atoms with Gasteiger partial charge in [0.1, 0.15) is 17.9 Å². The van der Waals surface area contributed by atoms with Crippen LogP contribution in [0.3, 0.4) is 0 Å². The number of hydrogen-bond donors (Lipinski definition) is 3. The first-order chi connectivity index (χ1) is 35.4. The van der Waals surface area contributed by atoms with Crippen molar-refractivity contribution in [3.05, 3.63) is 48.0 Å². The van der Waals surface area contributed by atoms with Crippen LogP contribution < -0.4 is 16.0 Å². The summed E-state index contributed by atoms with van der Waals surface area (Å²) >= 11 is 0. The monoisotopic (exact) mass is 1140 g/mol. The smallest absolute Gasteiger partial charge is 0.246 e. The second kappa shape index (κ2) is 27.5. The minimum Gasteiger partial charge on any atom is -0.353 e. The van der Waals surface area contributed by atoms with Gasteiger partial charge in [0.15, 0.2) is 0 Å². The molecule has 4 heterocycles. The van der Waals surface area contributed by atoms with E-state index in [1.165, 1.54) is 34.1 Å². The van der Waals surface area contributed by atoms with Gasteiger partial charge < -0.3 is 25.8 Å². The third-order valence-corrected chi connectivity index (χ3v) is 19.7. The van der Waals surface area contributed by atoms with Crippen molar-refractivity contribution in [2.45, 2.75) is 205 Å². The molecule has 2 aromatic rings. The summed E-state index contributed by atoms with van der Waals surface area (Å²) in [5, 5.41) is 11.2. The highest BCUT2D eigenvalue weighted by molar-refractivity contribution is 7.88. The molecule has 0 unspecified atom stereocenters. The number of ketones is 1. The fourth-order valence-electron chi connectivity index (χ4n) is 12.2. The molecule has 1 saturated carbocycles. The number of rotatable bonds is 16. The highest BCUT2D eigenvalue weighted by atomic mass is 32.2. The van der Waals surface area contributed by atoms with Crippen molar-refractivity contribution in [1.82, 2.24) is 34.4 Å². The molecular formula is C60H101N7O10S2. The van der Waals surface area contributed by atoms with Crippen molar-refractivity contribution in [3.63, 3.8) is 0 Å². The predicted molar refractivity (Wildman–Crippen MR) is 317 cm³/mol. The first-order valence-electron chi connectivity index (χ1n) is 27.8. The Balaban J connectivity index is 0.000000401. The number of hydrogen-bond acceptors (Lipinski definition) is 10. The fourth-order valence-corrected chi connectivity index (χ4v) is 14.5. The van der Waals surface area contributed by atoms with Crippen molar-refractivity contribution in [3.8, 4) is 0 Å². The Morgan fingerprint density at radius 3 is 1.46 bits per heavy atom. The Hall–Kier alpha value is -4.46. The molecule has 5 aliphatic rings. The normalized spacial score (nSPS) is 24.6. The molecule has 5 fully saturated rings. The summed E-state index contributed by atoms with van der Waals surface area (Å²) in [5.41, 5.74) is -0.268. The largest absolute Gasteiger partial charge is 0.353 e.